The minimum atomic E-state index is -0.0679. The molecule has 1 aliphatic heterocycles. The van der Waals surface area contributed by atoms with Crippen molar-refractivity contribution in [1.82, 2.24) is 0 Å². The molecule has 0 fully saturated rings. The van der Waals surface area contributed by atoms with E-state index in [9.17, 15) is 9.90 Å². The zero-order valence-electron chi connectivity index (χ0n) is 11.8. The summed E-state index contributed by atoms with van der Waals surface area (Å²) in [5.41, 5.74) is 2.18. The largest absolute Gasteiger partial charge is 0.508 e. The molecule has 1 N–H and O–H groups in total. The van der Waals surface area contributed by atoms with Crippen molar-refractivity contribution in [3.05, 3.63) is 83.6 Å². The van der Waals surface area contributed by atoms with E-state index in [4.69, 9.17) is 4.74 Å². The number of carbonyl (C=O) groups is 1. The lowest BCUT2D eigenvalue weighted by atomic mass is 9.76. The Bertz CT molecular complexity index is 803. The molecule has 0 bridgehead atoms. The highest BCUT2D eigenvalue weighted by atomic mass is 16.5. The van der Waals surface area contributed by atoms with Gasteiger partial charge < -0.3 is 9.84 Å². The van der Waals surface area contributed by atoms with Crippen LogP contribution in [0, 0.1) is 5.92 Å². The predicted molar refractivity (Wildman–Crippen MR) is 82.7 cm³/mol. The van der Waals surface area contributed by atoms with Gasteiger partial charge in [-0.2, -0.15) is 0 Å². The van der Waals surface area contributed by atoms with Crippen LogP contribution in [0.3, 0.4) is 0 Å². The highest BCUT2D eigenvalue weighted by molar-refractivity contribution is 6.00. The summed E-state index contributed by atoms with van der Waals surface area (Å²) in [6.07, 6.45) is 5.04. The Hall–Kier alpha value is -2.81. The summed E-state index contributed by atoms with van der Waals surface area (Å²) in [4.78, 5) is 11.6. The third-order valence-corrected chi connectivity index (χ3v) is 4.16. The summed E-state index contributed by atoms with van der Waals surface area (Å²) in [6.45, 7) is 0. The first-order chi connectivity index (χ1) is 10.7. The van der Waals surface area contributed by atoms with Gasteiger partial charge in [-0.15, -0.1) is 0 Å². The van der Waals surface area contributed by atoms with Crippen molar-refractivity contribution in [2.24, 2.45) is 5.92 Å². The molecule has 1 aliphatic carbocycles. The zero-order chi connectivity index (χ0) is 15.1. The molecule has 0 radical (unpaired) electrons. The number of aromatic hydroxyl groups is 1. The highest BCUT2D eigenvalue weighted by Crippen LogP contribution is 2.47. The molecule has 108 valence electrons. The second-order valence-electron chi connectivity index (χ2n) is 5.55. The summed E-state index contributed by atoms with van der Waals surface area (Å²) >= 11 is 0. The molecule has 1 heterocycles. The zero-order valence-corrected chi connectivity index (χ0v) is 11.8. The quantitative estimate of drug-likeness (QED) is 0.873. The van der Waals surface area contributed by atoms with Crippen molar-refractivity contribution >= 4 is 5.78 Å². The van der Waals surface area contributed by atoms with Crippen LogP contribution in [0.5, 0.6) is 11.5 Å². The number of benzene rings is 2. The Morgan fingerprint density at radius 3 is 2.68 bits per heavy atom. The van der Waals surface area contributed by atoms with Crippen LogP contribution in [0.4, 0.5) is 0 Å². The van der Waals surface area contributed by atoms with Crippen molar-refractivity contribution in [2.45, 2.75) is 5.92 Å². The molecule has 0 unspecified atom stereocenters. The highest BCUT2D eigenvalue weighted by Gasteiger charge is 2.36. The number of ether oxygens (including phenoxy) is 1. The molecule has 2 atom stereocenters. The Morgan fingerprint density at radius 2 is 1.86 bits per heavy atom. The number of allylic oxidation sites excluding steroid dienone is 3. The number of phenols is 1. The van der Waals surface area contributed by atoms with Crippen LogP contribution < -0.4 is 4.74 Å². The lowest BCUT2D eigenvalue weighted by Crippen LogP contribution is -2.26. The number of hydrogen-bond acceptors (Lipinski definition) is 3. The van der Waals surface area contributed by atoms with E-state index in [2.05, 4.69) is 12.1 Å². The lowest BCUT2D eigenvalue weighted by Gasteiger charge is -2.35. The van der Waals surface area contributed by atoms with E-state index in [1.807, 2.05) is 30.3 Å². The molecule has 2 aromatic rings. The maximum absolute atomic E-state index is 11.6. The molecule has 3 heteroatoms. The van der Waals surface area contributed by atoms with E-state index >= 15 is 0 Å². The van der Waals surface area contributed by atoms with Gasteiger partial charge in [0, 0.05) is 29.5 Å². The van der Waals surface area contributed by atoms with E-state index in [0.717, 1.165) is 11.1 Å². The molecule has 0 saturated heterocycles. The number of carbonyl (C=O) groups excluding carboxylic acids is 1. The Labute approximate surface area is 128 Å². The second-order valence-corrected chi connectivity index (χ2v) is 5.55. The smallest absolute Gasteiger partial charge is 0.181 e. The molecule has 0 saturated carbocycles. The summed E-state index contributed by atoms with van der Waals surface area (Å²) in [5, 5.41) is 9.71. The fourth-order valence-corrected chi connectivity index (χ4v) is 3.19. The fraction of sp³-hybridized carbons (Fsp3) is 0.105. The summed E-state index contributed by atoms with van der Waals surface area (Å²) in [7, 11) is 0. The van der Waals surface area contributed by atoms with E-state index < -0.39 is 0 Å². The normalized spacial score (nSPS) is 22.4. The van der Waals surface area contributed by atoms with E-state index in [1.165, 1.54) is 6.08 Å². The van der Waals surface area contributed by atoms with Crippen LogP contribution in [0.1, 0.15) is 17.0 Å². The first-order valence-electron chi connectivity index (χ1n) is 7.22. The van der Waals surface area contributed by atoms with Gasteiger partial charge in [-0.1, -0.05) is 42.5 Å². The maximum atomic E-state index is 11.6. The van der Waals surface area contributed by atoms with Gasteiger partial charge in [-0.3, -0.25) is 4.79 Å². The second kappa shape index (κ2) is 4.88. The molecule has 0 spiro atoms. The SMILES string of the molecule is O=C1C=C[C@H]2C(=C1)Oc1cc(O)ccc1[C@H]2c1ccccc1. The van der Waals surface area contributed by atoms with Crippen molar-refractivity contribution in [3.63, 3.8) is 0 Å². The van der Waals surface area contributed by atoms with Gasteiger partial charge in [0.25, 0.3) is 0 Å². The number of ketones is 1. The van der Waals surface area contributed by atoms with Crippen molar-refractivity contribution in [3.8, 4) is 11.5 Å². The molecule has 3 nitrogen and oxygen atoms in total. The van der Waals surface area contributed by atoms with Crippen LogP contribution >= 0.6 is 0 Å². The minimum absolute atomic E-state index is 0.00265. The summed E-state index contributed by atoms with van der Waals surface area (Å²) < 4.78 is 5.87. The van der Waals surface area contributed by atoms with Crippen molar-refractivity contribution in [2.75, 3.05) is 0 Å². The molecule has 0 amide bonds. The number of phenolic OH excluding ortho intramolecular Hbond substituents is 1. The van der Waals surface area contributed by atoms with Crippen LogP contribution in [0.25, 0.3) is 0 Å². The molecule has 4 rings (SSSR count). The van der Waals surface area contributed by atoms with E-state index in [1.54, 1.807) is 18.2 Å². The van der Waals surface area contributed by atoms with Crippen LogP contribution in [0.2, 0.25) is 0 Å². The van der Waals surface area contributed by atoms with Gasteiger partial charge >= 0.3 is 0 Å². The van der Waals surface area contributed by atoms with E-state index in [0.29, 0.717) is 11.5 Å². The average molecular weight is 290 g/mol. The standard InChI is InChI=1S/C19H14O3/c20-13-6-8-15-17(10-13)22-18-11-14(21)7-9-16(18)19(15)12-4-2-1-3-5-12/h1-11,15,19,21H/t15-,19-/m0/s1. The maximum Gasteiger partial charge on any atom is 0.181 e. The number of hydrogen-bond donors (Lipinski definition) is 1. The Kier molecular flexibility index (Phi) is 2.86. The number of rotatable bonds is 1. The first kappa shape index (κ1) is 12.9. The topological polar surface area (TPSA) is 46.5 Å². The van der Waals surface area contributed by atoms with Crippen molar-refractivity contribution < 1.29 is 14.6 Å². The van der Waals surface area contributed by atoms with E-state index in [-0.39, 0.29) is 23.4 Å². The Morgan fingerprint density at radius 1 is 1.05 bits per heavy atom. The van der Waals surface area contributed by atoms with Gasteiger partial charge in [-0.25, -0.2) is 0 Å². The van der Waals surface area contributed by atoms with Crippen molar-refractivity contribution in [1.29, 1.82) is 0 Å². The van der Waals surface area contributed by atoms with Crippen LogP contribution in [-0.4, -0.2) is 10.9 Å². The first-order valence-corrected chi connectivity index (χ1v) is 7.22. The van der Waals surface area contributed by atoms with Crippen LogP contribution in [0.15, 0.2) is 72.5 Å². The molecule has 2 aromatic carbocycles. The third-order valence-electron chi connectivity index (χ3n) is 4.16. The third kappa shape index (κ3) is 2.02. The molecule has 2 aliphatic rings. The predicted octanol–water partition coefficient (Wildman–Crippen LogP) is 3.56. The summed E-state index contributed by atoms with van der Waals surface area (Å²) in [6, 6.07) is 15.3. The lowest BCUT2D eigenvalue weighted by molar-refractivity contribution is -0.110. The van der Waals surface area contributed by atoms with Gasteiger partial charge in [0.15, 0.2) is 5.78 Å². The van der Waals surface area contributed by atoms with Gasteiger partial charge in [-0.05, 0) is 17.7 Å². The minimum Gasteiger partial charge on any atom is -0.508 e. The average Bonchev–Trinajstić information content (AvgIpc) is 2.53. The van der Waals surface area contributed by atoms with Gasteiger partial charge in [0.05, 0.1) is 0 Å². The van der Waals surface area contributed by atoms with Gasteiger partial charge in [0.2, 0.25) is 0 Å². The molecular weight excluding hydrogens is 276 g/mol. The van der Waals surface area contributed by atoms with Gasteiger partial charge in [0.1, 0.15) is 17.3 Å². The number of fused-ring (bicyclic) bond motifs is 2. The molecule has 22 heavy (non-hydrogen) atoms. The molecular formula is C19H14O3. The van der Waals surface area contributed by atoms with Crippen LogP contribution in [-0.2, 0) is 4.79 Å². The monoisotopic (exact) mass is 290 g/mol. The Balaban J connectivity index is 1.92. The molecule has 0 aromatic heterocycles. The summed E-state index contributed by atoms with van der Waals surface area (Å²) in [5.74, 6) is 1.40. The fourth-order valence-electron chi connectivity index (χ4n) is 3.19.